The molecule has 1 aliphatic rings. The van der Waals surface area contributed by atoms with Gasteiger partial charge in [-0.1, -0.05) is 91.0 Å². The molecule has 1 aliphatic heterocycles. The number of rotatable bonds is 17. The highest BCUT2D eigenvalue weighted by Gasteiger charge is 2.33. The van der Waals surface area contributed by atoms with Crippen LogP contribution in [0.4, 0.5) is 11.4 Å². The number of hydrogen-bond acceptors (Lipinski definition) is 11. The van der Waals surface area contributed by atoms with Crippen LogP contribution in [0.3, 0.4) is 0 Å². The SMILES string of the molecule is Nc1ccccc1NC(=O)CCCCCC(=O)NCc1cccc(-c2cccc([C@@H]3O[C@H](CSc4nnnn4-c4ccc(O)cc4)C[C@H](c4ccc(CO)cc4)O3)c2)c1. The standard InChI is InChI=1S/C45H47N7O6S/c46-39-12-4-5-13-40(39)48-43(56)15-3-1-2-14-42(55)47-27-31-8-6-9-33(24-31)34-10-7-11-35(25-34)44-57-38(26-41(58-44)32-18-16-30(28-53)17-19-32)29-59-45-49-50-51-52(45)36-20-22-37(54)23-21-36/h4-13,16-25,38,41,44,53-54H,1-3,14-15,26-29,46H2,(H,47,55)(H,48,56)/t38-,41+,44+/m0/s1. The van der Waals surface area contributed by atoms with Crippen LogP contribution in [0.2, 0.25) is 0 Å². The highest BCUT2D eigenvalue weighted by atomic mass is 32.2. The number of hydrogen-bond donors (Lipinski definition) is 5. The van der Waals surface area contributed by atoms with Crippen LogP contribution in [0.15, 0.2) is 126 Å². The van der Waals surface area contributed by atoms with Gasteiger partial charge in [0.1, 0.15) is 5.75 Å². The number of tetrazole rings is 1. The molecular weight excluding hydrogens is 767 g/mol. The van der Waals surface area contributed by atoms with Gasteiger partial charge in [0.15, 0.2) is 6.29 Å². The molecule has 0 radical (unpaired) electrons. The lowest BCUT2D eigenvalue weighted by atomic mass is 9.99. The molecule has 2 heterocycles. The molecule has 0 unspecified atom stereocenters. The third kappa shape index (κ3) is 11.3. The number of para-hydroxylation sites is 2. The summed E-state index contributed by atoms with van der Waals surface area (Å²) in [6.07, 6.45) is 2.34. The Bertz CT molecular complexity index is 2320. The number of aromatic hydroxyl groups is 1. The summed E-state index contributed by atoms with van der Waals surface area (Å²) in [5.74, 6) is 0.592. The van der Waals surface area contributed by atoms with Gasteiger partial charge < -0.3 is 36.1 Å². The number of ether oxygens (including phenoxy) is 2. The third-order valence-corrected chi connectivity index (χ3v) is 11.1. The molecule has 2 amide bonds. The fourth-order valence-corrected chi connectivity index (χ4v) is 7.71. The van der Waals surface area contributed by atoms with Crippen molar-refractivity contribution in [3.05, 3.63) is 144 Å². The van der Waals surface area contributed by atoms with Gasteiger partial charge in [-0.15, -0.1) is 5.10 Å². The van der Waals surface area contributed by atoms with Gasteiger partial charge in [0, 0.05) is 37.1 Å². The largest absolute Gasteiger partial charge is 0.508 e. The normalized spacial score (nSPS) is 16.4. The van der Waals surface area contributed by atoms with Crippen LogP contribution in [0.1, 0.15) is 73.2 Å². The number of aromatic nitrogens is 4. The van der Waals surface area contributed by atoms with Crippen LogP contribution >= 0.6 is 11.8 Å². The Morgan fingerprint density at radius 1 is 0.797 bits per heavy atom. The van der Waals surface area contributed by atoms with Gasteiger partial charge in [-0.2, -0.15) is 4.68 Å². The molecule has 304 valence electrons. The molecule has 1 fully saturated rings. The highest BCUT2D eigenvalue weighted by Crippen LogP contribution is 2.40. The Balaban J connectivity index is 0.956. The summed E-state index contributed by atoms with van der Waals surface area (Å²) in [4.78, 5) is 25.0. The van der Waals surface area contributed by atoms with E-state index < -0.39 is 6.29 Å². The molecule has 0 saturated carbocycles. The maximum atomic E-state index is 12.7. The summed E-state index contributed by atoms with van der Waals surface area (Å²) >= 11 is 1.48. The third-order valence-electron chi connectivity index (χ3n) is 10.00. The zero-order valence-corrected chi connectivity index (χ0v) is 33.3. The van der Waals surface area contributed by atoms with E-state index in [1.54, 1.807) is 41.1 Å². The topological polar surface area (TPSA) is 187 Å². The van der Waals surface area contributed by atoms with E-state index in [1.807, 2.05) is 72.8 Å². The molecule has 1 saturated heterocycles. The smallest absolute Gasteiger partial charge is 0.224 e. The number of phenolic OH excluding ortho intramolecular Hbond substituents is 1. The quantitative estimate of drug-likeness (QED) is 0.0346. The number of phenols is 1. The van der Waals surface area contributed by atoms with Crippen molar-refractivity contribution in [2.24, 2.45) is 0 Å². The fraction of sp³-hybridized carbons (Fsp3) is 0.267. The number of aliphatic hydroxyl groups excluding tert-OH is 1. The van der Waals surface area contributed by atoms with Gasteiger partial charge in [-0.25, -0.2) is 0 Å². The van der Waals surface area contributed by atoms with E-state index in [0.29, 0.717) is 60.9 Å². The van der Waals surface area contributed by atoms with Gasteiger partial charge in [-0.05, 0) is 99.6 Å². The molecule has 59 heavy (non-hydrogen) atoms. The van der Waals surface area contributed by atoms with Crippen molar-refractivity contribution in [2.75, 3.05) is 16.8 Å². The number of nitrogen functional groups attached to an aromatic ring is 1. The summed E-state index contributed by atoms with van der Waals surface area (Å²) in [7, 11) is 0. The molecule has 5 aromatic carbocycles. The molecule has 7 rings (SSSR count). The van der Waals surface area contributed by atoms with E-state index in [9.17, 15) is 19.8 Å². The molecule has 1 aromatic heterocycles. The minimum absolute atomic E-state index is 0.0318. The van der Waals surface area contributed by atoms with Crippen molar-refractivity contribution < 1.29 is 29.3 Å². The Morgan fingerprint density at radius 3 is 2.32 bits per heavy atom. The number of amides is 2. The number of carbonyl (C=O) groups excluding carboxylic acids is 2. The predicted octanol–water partition coefficient (Wildman–Crippen LogP) is 7.65. The van der Waals surface area contributed by atoms with Crippen molar-refractivity contribution in [3.63, 3.8) is 0 Å². The minimum Gasteiger partial charge on any atom is -0.508 e. The first-order chi connectivity index (χ1) is 28.8. The summed E-state index contributed by atoms with van der Waals surface area (Å²) in [6, 6.07) is 37.8. The minimum atomic E-state index is -0.663. The van der Waals surface area contributed by atoms with Crippen molar-refractivity contribution in [3.8, 4) is 22.6 Å². The van der Waals surface area contributed by atoms with Gasteiger partial charge in [0.05, 0.1) is 35.9 Å². The van der Waals surface area contributed by atoms with Gasteiger partial charge in [0.25, 0.3) is 0 Å². The van der Waals surface area contributed by atoms with Crippen molar-refractivity contribution in [2.45, 2.75) is 75.3 Å². The van der Waals surface area contributed by atoms with E-state index in [0.717, 1.165) is 45.5 Å². The number of thioether (sulfide) groups is 1. The van der Waals surface area contributed by atoms with Crippen molar-refractivity contribution in [1.82, 2.24) is 25.5 Å². The molecule has 0 spiro atoms. The zero-order valence-electron chi connectivity index (χ0n) is 32.4. The van der Waals surface area contributed by atoms with E-state index in [2.05, 4.69) is 38.3 Å². The average molecular weight is 814 g/mol. The second-order valence-electron chi connectivity index (χ2n) is 14.3. The maximum absolute atomic E-state index is 12.7. The zero-order chi connectivity index (χ0) is 41.0. The van der Waals surface area contributed by atoms with Gasteiger partial charge in [0.2, 0.25) is 17.0 Å². The predicted molar refractivity (Wildman–Crippen MR) is 226 cm³/mol. The van der Waals surface area contributed by atoms with E-state index >= 15 is 0 Å². The van der Waals surface area contributed by atoms with Crippen LogP contribution < -0.4 is 16.4 Å². The molecule has 14 heteroatoms. The number of benzene rings is 5. The number of anilines is 2. The van der Waals surface area contributed by atoms with Crippen LogP contribution in [-0.4, -0.2) is 54.1 Å². The molecule has 3 atom stereocenters. The number of unbranched alkanes of at least 4 members (excludes halogenated alkanes) is 2. The Labute approximate surface area is 347 Å². The fourth-order valence-electron chi connectivity index (χ4n) is 6.80. The molecular formula is C45H47N7O6S. The monoisotopic (exact) mass is 813 g/mol. The summed E-state index contributed by atoms with van der Waals surface area (Å²) in [5.41, 5.74) is 13.4. The van der Waals surface area contributed by atoms with Crippen LogP contribution in [-0.2, 0) is 32.2 Å². The second kappa shape index (κ2) is 20.1. The number of nitrogens with two attached hydrogens (primary N) is 1. The lowest BCUT2D eigenvalue weighted by molar-refractivity contribution is -0.245. The number of nitrogens with one attached hydrogen (secondary N) is 2. The molecule has 6 aromatic rings. The summed E-state index contributed by atoms with van der Waals surface area (Å²) in [6.45, 7) is 0.358. The lowest BCUT2D eigenvalue weighted by Gasteiger charge is -2.36. The van der Waals surface area contributed by atoms with Crippen LogP contribution in [0, 0.1) is 0 Å². The average Bonchev–Trinajstić information content (AvgIpc) is 3.75. The van der Waals surface area contributed by atoms with Crippen molar-refractivity contribution in [1.29, 1.82) is 0 Å². The number of nitrogens with zero attached hydrogens (tertiary/aromatic N) is 4. The van der Waals surface area contributed by atoms with Crippen molar-refractivity contribution >= 4 is 35.0 Å². The van der Waals surface area contributed by atoms with Crippen LogP contribution in [0.25, 0.3) is 16.8 Å². The lowest BCUT2D eigenvalue weighted by Crippen LogP contribution is -2.31. The van der Waals surface area contributed by atoms with E-state index in [4.69, 9.17) is 15.2 Å². The molecule has 0 aliphatic carbocycles. The maximum Gasteiger partial charge on any atom is 0.224 e. The Hall–Kier alpha value is -6.06. The molecule has 0 bridgehead atoms. The Kier molecular flexibility index (Phi) is 14.0. The Morgan fingerprint density at radius 2 is 1.54 bits per heavy atom. The van der Waals surface area contributed by atoms with Gasteiger partial charge in [-0.3, -0.25) is 9.59 Å². The highest BCUT2D eigenvalue weighted by molar-refractivity contribution is 7.99. The van der Waals surface area contributed by atoms with Crippen LogP contribution in [0.5, 0.6) is 5.75 Å². The number of carbonyl (C=O) groups is 2. The van der Waals surface area contributed by atoms with Gasteiger partial charge >= 0.3 is 0 Å². The number of aliphatic hydroxyl groups is 1. The summed E-state index contributed by atoms with van der Waals surface area (Å²) in [5, 5.41) is 38.1. The first-order valence-electron chi connectivity index (χ1n) is 19.6. The van der Waals surface area contributed by atoms with E-state index in [-0.39, 0.29) is 36.4 Å². The summed E-state index contributed by atoms with van der Waals surface area (Å²) < 4.78 is 14.9. The first-order valence-corrected chi connectivity index (χ1v) is 20.6. The first kappa shape index (κ1) is 41.1. The van der Waals surface area contributed by atoms with E-state index in [1.165, 1.54) is 11.8 Å². The molecule has 13 nitrogen and oxygen atoms in total. The second-order valence-corrected chi connectivity index (χ2v) is 15.3. The molecule has 6 N–H and O–H groups in total.